The Kier molecular flexibility index (Phi) is 5.63. The van der Waals surface area contributed by atoms with Crippen LogP contribution in [-0.2, 0) is 19.4 Å². The fourth-order valence-electron chi connectivity index (χ4n) is 3.46. The van der Waals surface area contributed by atoms with Crippen molar-refractivity contribution in [1.29, 1.82) is 0 Å². The third-order valence-electron chi connectivity index (χ3n) is 4.66. The van der Waals surface area contributed by atoms with Crippen LogP contribution in [0.1, 0.15) is 29.7 Å². The lowest BCUT2D eigenvalue weighted by Crippen LogP contribution is -2.24. The van der Waals surface area contributed by atoms with E-state index in [0.29, 0.717) is 12.5 Å². The molecule has 1 aromatic heterocycles. The molecule has 130 valence electrons. The molecule has 0 amide bonds. The molecule has 1 aliphatic carbocycles. The van der Waals surface area contributed by atoms with Gasteiger partial charge in [-0.1, -0.05) is 30.3 Å². The zero-order chi connectivity index (χ0) is 16.4. The van der Waals surface area contributed by atoms with Gasteiger partial charge in [0.25, 0.3) is 0 Å². The minimum atomic E-state index is 0. The molecule has 5 heteroatoms. The largest absolute Gasteiger partial charge is 0.370 e. The highest BCUT2D eigenvalue weighted by Gasteiger charge is 2.13. The highest BCUT2D eigenvalue weighted by molar-refractivity contribution is 14.0. The molecule has 0 fully saturated rings. The topological polar surface area (TPSA) is 66.2 Å². The molecule has 0 bridgehead atoms. The maximum atomic E-state index is 6.11. The molecule has 1 heterocycles. The average molecular weight is 446 g/mol. The van der Waals surface area contributed by atoms with E-state index in [2.05, 4.69) is 51.7 Å². The fourth-order valence-corrected chi connectivity index (χ4v) is 3.46. The molecule has 2 aromatic carbocycles. The number of aliphatic imine (C=N–C) groups is 1. The standard InChI is InChI=1S/C20H22N4.HI/c21-20(22-13-16-12-15-7-2-4-10-18(15)23-16)24-19-11-5-8-14-6-1-3-9-17(14)19;/h2,4-5,7-8,10-12,23H,1,3,6,9,13H2,(H3,21,22,24);1H. The molecule has 0 spiro atoms. The summed E-state index contributed by atoms with van der Waals surface area (Å²) in [6.07, 6.45) is 4.81. The lowest BCUT2D eigenvalue weighted by molar-refractivity contribution is 0.687. The second-order valence-corrected chi connectivity index (χ2v) is 6.36. The molecular weight excluding hydrogens is 423 g/mol. The van der Waals surface area contributed by atoms with Gasteiger partial charge in [0.2, 0.25) is 0 Å². The van der Waals surface area contributed by atoms with Crippen LogP contribution in [0.4, 0.5) is 5.69 Å². The van der Waals surface area contributed by atoms with Crippen molar-refractivity contribution in [1.82, 2.24) is 4.98 Å². The number of H-pyrrole nitrogens is 1. The summed E-state index contributed by atoms with van der Waals surface area (Å²) in [6, 6.07) is 16.8. The number of nitrogens with two attached hydrogens (primary N) is 1. The fraction of sp³-hybridized carbons (Fsp3) is 0.250. The van der Waals surface area contributed by atoms with Gasteiger partial charge in [0.15, 0.2) is 5.96 Å². The normalized spacial score (nSPS) is 14.0. The number of guanidine groups is 1. The van der Waals surface area contributed by atoms with Crippen molar-refractivity contribution < 1.29 is 0 Å². The number of fused-ring (bicyclic) bond motifs is 2. The van der Waals surface area contributed by atoms with Gasteiger partial charge in [-0.15, -0.1) is 24.0 Å². The van der Waals surface area contributed by atoms with Gasteiger partial charge in [-0.25, -0.2) is 4.99 Å². The summed E-state index contributed by atoms with van der Waals surface area (Å²) in [6.45, 7) is 0.544. The molecule has 1 aliphatic rings. The van der Waals surface area contributed by atoms with Crippen LogP contribution in [-0.4, -0.2) is 10.9 Å². The van der Waals surface area contributed by atoms with Crippen LogP contribution in [0, 0.1) is 0 Å². The first-order chi connectivity index (χ1) is 11.8. The summed E-state index contributed by atoms with van der Waals surface area (Å²) in [5.74, 6) is 0.465. The zero-order valence-corrected chi connectivity index (χ0v) is 16.4. The first-order valence-electron chi connectivity index (χ1n) is 8.54. The molecule has 3 aromatic rings. The Morgan fingerprint density at radius 3 is 2.80 bits per heavy atom. The van der Waals surface area contributed by atoms with Crippen molar-refractivity contribution in [2.75, 3.05) is 5.32 Å². The minimum absolute atomic E-state index is 0. The Bertz CT molecular complexity index is 865. The van der Waals surface area contributed by atoms with Gasteiger partial charge in [-0.3, -0.25) is 0 Å². The lowest BCUT2D eigenvalue weighted by Gasteiger charge is -2.19. The second kappa shape index (κ2) is 7.91. The van der Waals surface area contributed by atoms with Crippen LogP contribution >= 0.6 is 24.0 Å². The van der Waals surface area contributed by atoms with Gasteiger partial charge in [0.1, 0.15) is 0 Å². The van der Waals surface area contributed by atoms with E-state index in [9.17, 15) is 0 Å². The summed E-state index contributed by atoms with van der Waals surface area (Å²) in [7, 11) is 0. The van der Waals surface area contributed by atoms with Crippen LogP contribution in [0.5, 0.6) is 0 Å². The molecule has 0 saturated carbocycles. The van der Waals surface area contributed by atoms with Crippen LogP contribution in [0.3, 0.4) is 0 Å². The number of para-hydroxylation sites is 1. The number of nitrogens with zero attached hydrogens (tertiary/aromatic N) is 1. The smallest absolute Gasteiger partial charge is 0.193 e. The van der Waals surface area contributed by atoms with Crippen molar-refractivity contribution in [3.63, 3.8) is 0 Å². The Morgan fingerprint density at radius 1 is 1.08 bits per heavy atom. The lowest BCUT2D eigenvalue weighted by atomic mass is 9.90. The van der Waals surface area contributed by atoms with Crippen LogP contribution < -0.4 is 11.1 Å². The molecule has 4 rings (SSSR count). The predicted molar refractivity (Wildman–Crippen MR) is 116 cm³/mol. The van der Waals surface area contributed by atoms with Crippen molar-refractivity contribution in [2.45, 2.75) is 32.2 Å². The number of benzene rings is 2. The van der Waals surface area contributed by atoms with E-state index >= 15 is 0 Å². The third-order valence-corrected chi connectivity index (χ3v) is 4.66. The maximum absolute atomic E-state index is 6.11. The molecule has 0 aliphatic heterocycles. The summed E-state index contributed by atoms with van der Waals surface area (Å²) >= 11 is 0. The molecule has 4 N–H and O–H groups in total. The molecule has 0 saturated heterocycles. The number of halogens is 1. The highest BCUT2D eigenvalue weighted by Crippen LogP contribution is 2.27. The zero-order valence-electron chi connectivity index (χ0n) is 14.1. The number of aryl methyl sites for hydroxylation is 1. The number of aromatic nitrogens is 1. The Balaban J connectivity index is 0.00000182. The second-order valence-electron chi connectivity index (χ2n) is 6.36. The molecule has 4 nitrogen and oxygen atoms in total. The van der Waals surface area contributed by atoms with E-state index in [4.69, 9.17) is 5.73 Å². The van der Waals surface area contributed by atoms with Gasteiger partial charge in [-0.2, -0.15) is 0 Å². The van der Waals surface area contributed by atoms with E-state index in [1.54, 1.807) is 0 Å². The summed E-state index contributed by atoms with van der Waals surface area (Å²) in [5, 5.41) is 4.49. The number of hydrogen-bond acceptors (Lipinski definition) is 1. The summed E-state index contributed by atoms with van der Waals surface area (Å²) in [4.78, 5) is 7.86. The highest BCUT2D eigenvalue weighted by atomic mass is 127. The van der Waals surface area contributed by atoms with E-state index in [0.717, 1.165) is 29.7 Å². The van der Waals surface area contributed by atoms with Crippen LogP contribution in [0.15, 0.2) is 53.5 Å². The van der Waals surface area contributed by atoms with Gasteiger partial charge >= 0.3 is 0 Å². The molecule has 25 heavy (non-hydrogen) atoms. The number of hydrogen-bond donors (Lipinski definition) is 3. The van der Waals surface area contributed by atoms with Gasteiger partial charge in [-0.05, 0) is 60.4 Å². The monoisotopic (exact) mass is 446 g/mol. The Labute approximate surface area is 164 Å². The maximum Gasteiger partial charge on any atom is 0.193 e. The molecule has 0 unspecified atom stereocenters. The van der Waals surface area contributed by atoms with Crippen LogP contribution in [0.2, 0.25) is 0 Å². The van der Waals surface area contributed by atoms with Crippen molar-refractivity contribution >= 4 is 46.5 Å². The summed E-state index contributed by atoms with van der Waals surface area (Å²) < 4.78 is 0. The SMILES string of the molecule is I.NC(=NCc1cc2ccccc2[nH]1)Nc1cccc2c1CCCC2. The third kappa shape index (κ3) is 3.98. The van der Waals surface area contributed by atoms with Crippen LogP contribution in [0.25, 0.3) is 10.9 Å². The van der Waals surface area contributed by atoms with E-state index in [1.807, 2.05) is 12.1 Å². The number of nitrogens with one attached hydrogen (secondary N) is 2. The quantitative estimate of drug-likeness (QED) is 0.313. The first-order valence-corrected chi connectivity index (χ1v) is 8.54. The van der Waals surface area contributed by atoms with Crippen molar-refractivity contribution in [3.05, 3.63) is 65.4 Å². The number of anilines is 1. The number of aromatic amines is 1. The minimum Gasteiger partial charge on any atom is -0.370 e. The average Bonchev–Trinajstić information content (AvgIpc) is 3.03. The van der Waals surface area contributed by atoms with Crippen molar-refractivity contribution in [2.24, 2.45) is 10.7 Å². The van der Waals surface area contributed by atoms with E-state index in [-0.39, 0.29) is 24.0 Å². The van der Waals surface area contributed by atoms with E-state index < -0.39 is 0 Å². The van der Waals surface area contributed by atoms with Crippen molar-refractivity contribution in [3.8, 4) is 0 Å². The molecule has 0 radical (unpaired) electrons. The van der Waals surface area contributed by atoms with E-state index in [1.165, 1.54) is 29.4 Å². The van der Waals surface area contributed by atoms with Gasteiger partial charge in [0.05, 0.1) is 6.54 Å². The first kappa shape index (κ1) is 17.8. The Morgan fingerprint density at radius 2 is 1.92 bits per heavy atom. The molecular formula is C20H23IN4. The predicted octanol–water partition coefficient (Wildman–Crippen LogP) is 4.59. The number of rotatable bonds is 3. The van der Waals surface area contributed by atoms with Gasteiger partial charge in [0, 0.05) is 16.9 Å². The summed E-state index contributed by atoms with van der Waals surface area (Å²) in [5.41, 5.74) is 12.2. The molecule has 0 atom stereocenters. The van der Waals surface area contributed by atoms with Gasteiger partial charge < -0.3 is 16.0 Å². The Hall–Kier alpha value is -2.02.